The molecule has 4 heteroatoms. The van der Waals surface area contributed by atoms with E-state index in [0.717, 1.165) is 16.7 Å². The smallest absolute Gasteiger partial charge is 0.267 e. The van der Waals surface area contributed by atoms with Gasteiger partial charge in [-0.25, -0.2) is 0 Å². The van der Waals surface area contributed by atoms with Crippen LogP contribution in [0, 0.1) is 0 Å². The average molecular weight is 204 g/mol. The van der Waals surface area contributed by atoms with Gasteiger partial charge in [0.25, 0.3) is 5.91 Å². The predicted molar refractivity (Wildman–Crippen MR) is 58.2 cm³/mol. The molecule has 2 aromatic rings. The molecule has 0 atom stereocenters. The van der Waals surface area contributed by atoms with Crippen molar-refractivity contribution < 1.29 is 9.53 Å². The number of aromatic amines is 1. The summed E-state index contributed by atoms with van der Waals surface area (Å²) in [6, 6.07) is 7.45. The molecule has 0 unspecified atom stereocenters. The largest absolute Gasteiger partial charge is 0.497 e. The van der Waals surface area contributed by atoms with E-state index in [-0.39, 0.29) is 5.91 Å². The standard InChI is InChI=1S/C11H12N2O2/c1-12-11(14)10-5-7-3-4-8(15-2)6-9(7)13-10/h3-6,13H,1-2H3,(H,12,14). The number of rotatable bonds is 2. The van der Waals surface area contributed by atoms with Crippen LogP contribution in [0.25, 0.3) is 10.9 Å². The molecule has 0 fully saturated rings. The summed E-state index contributed by atoms with van der Waals surface area (Å²) >= 11 is 0. The highest BCUT2D eigenvalue weighted by molar-refractivity contribution is 5.98. The molecule has 0 aliphatic carbocycles. The zero-order valence-electron chi connectivity index (χ0n) is 8.63. The van der Waals surface area contributed by atoms with Crippen molar-refractivity contribution in [3.63, 3.8) is 0 Å². The Morgan fingerprint density at radius 2 is 2.20 bits per heavy atom. The molecular formula is C11H12N2O2. The number of H-pyrrole nitrogens is 1. The van der Waals surface area contributed by atoms with Crippen LogP contribution in [-0.2, 0) is 0 Å². The number of carbonyl (C=O) groups is 1. The maximum atomic E-state index is 11.4. The van der Waals surface area contributed by atoms with Crippen LogP contribution in [0.15, 0.2) is 24.3 Å². The monoisotopic (exact) mass is 204 g/mol. The Kier molecular flexibility index (Phi) is 2.33. The maximum Gasteiger partial charge on any atom is 0.267 e. The molecule has 15 heavy (non-hydrogen) atoms. The average Bonchev–Trinajstić information content (AvgIpc) is 2.70. The van der Waals surface area contributed by atoms with E-state index in [1.807, 2.05) is 24.3 Å². The molecule has 0 saturated carbocycles. The third-order valence-electron chi connectivity index (χ3n) is 2.30. The number of methoxy groups -OCH3 is 1. The van der Waals surface area contributed by atoms with E-state index in [1.165, 1.54) is 0 Å². The molecule has 0 aliphatic rings. The molecule has 1 aromatic carbocycles. The zero-order valence-corrected chi connectivity index (χ0v) is 8.63. The maximum absolute atomic E-state index is 11.4. The number of fused-ring (bicyclic) bond motifs is 1. The summed E-state index contributed by atoms with van der Waals surface area (Å²) in [4.78, 5) is 14.4. The van der Waals surface area contributed by atoms with Gasteiger partial charge in [-0.15, -0.1) is 0 Å². The summed E-state index contributed by atoms with van der Waals surface area (Å²) in [5.74, 6) is 0.651. The van der Waals surface area contributed by atoms with E-state index < -0.39 is 0 Å². The predicted octanol–water partition coefficient (Wildman–Crippen LogP) is 1.54. The third-order valence-corrected chi connectivity index (χ3v) is 2.30. The van der Waals surface area contributed by atoms with Crippen LogP contribution in [0.2, 0.25) is 0 Å². The van der Waals surface area contributed by atoms with Gasteiger partial charge in [-0.2, -0.15) is 0 Å². The first-order valence-corrected chi connectivity index (χ1v) is 4.63. The quantitative estimate of drug-likeness (QED) is 0.779. The molecule has 0 radical (unpaired) electrons. The topological polar surface area (TPSA) is 54.1 Å². The zero-order chi connectivity index (χ0) is 10.8. The number of aromatic nitrogens is 1. The van der Waals surface area contributed by atoms with Crippen molar-refractivity contribution in [2.45, 2.75) is 0 Å². The van der Waals surface area contributed by atoms with Crippen molar-refractivity contribution in [3.8, 4) is 5.75 Å². The van der Waals surface area contributed by atoms with E-state index >= 15 is 0 Å². The summed E-state index contributed by atoms with van der Waals surface area (Å²) in [6.45, 7) is 0. The lowest BCUT2D eigenvalue weighted by Crippen LogP contribution is -2.17. The summed E-state index contributed by atoms with van der Waals surface area (Å²) in [7, 11) is 3.22. The van der Waals surface area contributed by atoms with Gasteiger partial charge in [0.1, 0.15) is 11.4 Å². The van der Waals surface area contributed by atoms with Gasteiger partial charge < -0.3 is 15.0 Å². The molecule has 0 bridgehead atoms. The van der Waals surface area contributed by atoms with Crippen molar-refractivity contribution in [2.24, 2.45) is 0 Å². The molecule has 2 rings (SSSR count). The first-order chi connectivity index (χ1) is 7.24. The SMILES string of the molecule is CNC(=O)c1cc2ccc(OC)cc2[nH]1. The second kappa shape index (κ2) is 3.65. The lowest BCUT2D eigenvalue weighted by atomic mass is 10.2. The number of amides is 1. The van der Waals surface area contributed by atoms with E-state index in [2.05, 4.69) is 10.3 Å². The Hall–Kier alpha value is -1.97. The molecule has 1 aromatic heterocycles. The highest BCUT2D eigenvalue weighted by atomic mass is 16.5. The Bertz CT molecular complexity index is 502. The molecule has 0 aliphatic heterocycles. The Balaban J connectivity index is 2.51. The number of carbonyl (C=O) groups excluding carboxylic acids is 1. The minimum atomic E-state index is -0.120. The molecule has 0 spiro atoms. The highest BCUT2D eigenvalue weighted by Gasteiger charge is 2.07. The molecule has 78 valence electrons. The Morgan fingerprint density at radius 3 is 2.87 bits per heavy atom. The van der Waals surface area contributed by atoms with E-state index in [4.69, 9.17) is 4.74 Å². The fourth-order valence-corrected chi connectivity index (χ4v) is 1.49. The number of ether oxygens (including phenoxy) is 1. The van der Waals surface area contributed by atoms with Gasteiger partial charge in [-0.1, -0.05) is 0 Å². The van der Waals surface area contributed by atoms with Gasteiger partial charge >= 0.3 is 0 Å². The van der Waals surface area contributed by atoms with Crippen LogP contribution < -0.4 is 10.1 Å². The van der Waals surface area contributed by atoms with Crippen LogP contribution in [0.4, 0.5) is 0 Å². The summed E-state index contributed by atoms with van der Waals surface area (Å²) in [5, 5.41) is 3.56. The Morgan fingerprint density at radius 1 is 1.40 bits per heavy atom. The highest BCUT2D eigenvalue weighted by Crippen LogP contribution is 2.20. The van der Waals surface area contributed by atoms with E-state index in [9.17, 15) is 4.79 Å². The van der Waals surface area contributed by atoms with Crippen LogP contribution >= 0.6 is 0 Å². The molecule has 4 nitrogen and oxygen atoms in total. The Labute approximate surface area is 87.2 Å². The van der Waals surface area contributed by atoms with Gasteiger partial charge in [-0.05, 0) is 18.2 Å². The number of hydrogen-bond acceptors (Lipinski definition) is 2. The van der Waals surface area contributed by atoms with Gasteiger partial charge in [0, 0.05) is 24.0 Å². The second-order valence-corrected chi connectivity index (χ2v) is 3.22. The minimum Gasteiger partial charge on any atom is -0.497 e. The molecule has 2 N–H and O–H groups in total. The molecule has 0 saturated heterocycles. The van der Waals surface area contributed by atoms with Crippen molar-refractivity contribution >= 4 is 16.8 Å². The molecular weight excluding hydrogens is 192 g/mol. The fourth-order valence-electron chi connectivity index (χ4n) is 1.49. The van der Waals surface area contributed by atoms with Crippen LogP contribution in [0.1, 0.15) is 10.5 Å². The lowest BCUT2D eigenvalue weighted by Gasteiger charge is -1.97. The first kappa shape index (κ1) is 9.58. The fraction of sp³-hybridized carbons (Fsp3) is 0.182. The number of benzene rings is 1. The second-order valence-electron chi connectivity index (χ2n) is 3.22. The van der Waals surface area contributed by atoms with E-state index in [1.54, 1.807) is 14.2 Å². The summed E-state index contributed by atoms with van der Waals surface area (Å²) < 4.78 is 5.10. The molecule has 1 amide bonds. The lowest BCUT2D eigenvalue weighted by molar-refractivity contribution is 0.0959. The van der Waals surface area contributed by atoms with Crippen molar-refractivity contribution in [1.82, 2.24) is 10.3 Å². The van der Waals surface area contributed by atoms with Gasteiger partial charge in [-0.3, -0.25) is 4.79 Å². The normalized spacial score (nSPS) is 10.3. The summed E-state index contributed by atoms with van der Waals surface area (Å²) in [6.07, 6.45) is 0. The van der Waals surface area contributed by atoms with Gasteiger partial charge in [0.05, 0.1) is 7.11 Å². The minimum absolute atomic E-state index is 0.120. The third kappa shape index (κ3) is 1.66. The van der Waals surface area contributed by atoms with Gasteiger partial charge in [0.15, 0.2) is 0 Å². The summed E-state index contributed by atoms with van der Waals surface area (Å²) in [5.41, 5.74) is 1.45. The van der Waals surface area contributed by atoms with E-state index in [0.29, 0.717) is 5.69 Å². The van der Waals surface area contributed by atoms with Crippen LogP contribution in [0.5, 0.6) is 5.75 Å². The van der Waals surface area contributed by atoms with Crippen molar-refractivity contribution in [1.29, 1.82) is 0 Å². The van der Waals surface area contributed by atoms with Crippen LogP contribution in [0.3, 0.4) is 0 Å². The van der Waals surface area contributed by atoms with Crippen molar-refractivity contribution in [3.05, 3.63) is 30.0 Å². The van der Waals surface area contributed by atoms with Crippen LogP contribution in [-0.4, -0.2) is 25.0 Å². The molecule has 1 heterocycles. The number of hydrogen-bond donors (Lipinski definition) is 2. The number of nitrogens with one attached hydrogen (secondary N) is 2. The van der Waals surface area contributed by atoms with Gasteiger partial charge in [0.2, 0.25) is 0 Å². The van der Waals surface area contributed by atoms with Crippen molar-refractivity contribution in [2.75, 3.05) is 14.2 Å². The first-order valence-electron chi connectivity index (χ1n) is 4.63.